The smallest absolute Gasteiger partial charge is 0.176 e. The Labute approximate surface area is 75.8 Å². The molecular formula is C7H9ClN4. The lowest BCUT2D eigenvalue weighted by Gasteiger charge is -1.92. The van der Waals surface area contributed by atoms with Gasteiger partial charge in [-0.3, -0.25) is 0 Å². The van der Waals surface area contributed by atoms with Crippen molar-refractivity contribution in [1.29, 1.82) is 0 Å². The van der Waals surface area contributed by atoms with E-state index in [9.17, 15) is 0 Å². The van der Waals surface area contributed by atoms with Crippen LogP contribution in [-0.4, -0.2) is 14.6 Å². The summed E-state index contributed by atoms with van der Waals surface area (Å²) >= 11 is 0. The summed E-state index contributed by atoms with van der Waals surface area (Å²) < 4.78 is 1.67. The normalized spacial score (nSPS) is 9.75. The molecule has 0 aromatic carbocycles. The van der Waals surface area contributed by atoms with Crippen LogP contribution in [0.15, 0.2) is 18.5 Å². The molecule has 2 heterocycles. The molecule has 0 atom stereocenters. The molecule has 64 valence electrons. The Bertz CT molecular complexity index is 395. The molecule has 2 aromatic rings. The van der Waals surface area contributed by atoms with Crippen molar-refractivity contribution < 1.29 is 0 Å². The first kappa shape index (κ1) is 8.80. The molecule has 0 bridgehead atoms. The van der Waals surface area contributed by atoms with Crippen molar-refractivity contribution in [3.05, 3.63) is 24.2 Å². The number of fused-ring (bicyclic) bond motifs is 1. The Morgan fingerprint density at radius 3 is 2.92 bits per heavy atom. The zero-order chi connectivity index (χ0) is 7.84. The first-order valence-electron chi connectivity index (χ1n) is 3.34. The van der Waals surface area contributed by atoms with E-state index in [1.54, 1.807) is 16.8 Å². The van der Waals surface area contributed by atoms with E-state index in [1.807, 2.05) is 13.1 Å². The number of hydrogen-bond donors (Lipinski definition) is 1. The Kier molecular flexibility index (Phi) is 2.19. The van der Waals surface area contributed by atoms with E-state index in [4.69, 9.17) is 5.73 Å². The molecule has 0 aliphatic rings. The van der Waals surface area contributed by atoms with Gasteiger partial charge in [-0.1, -0.05) is 0 Å². The topological polar surface area (TPSA) is 56.2 Å². The quantitative estimate of drug-likeness (QED) is 0.666. The lowest BCUT2D eigenvalue weighted by Crippen LogP contribution is -1.94. The molecule has 5 heteroatoms. The Morgan fingerprint density at radius 1 is 1.50 bits per heavy atom. The number of nitrogens with two attached hydrogens (primary N) is 1. The molecule has 0 amide bonds. The molecule has 2 rings (SSSR count). The predicted octanol–water partition coefficient (Wildman–Crippen LogP) is 1.04. The van der Waals surface area contributed by atoms with Gasteiger partial charge in [0.25, 0.3) is 0 Å². The standard InChI is InChI=1S/C7H8N4.ClH/c1-5-4-11-7(10-5)6(8)2-3-9-11;/h2-4H,8H2,1H3;1H. The number of hydrogen-bond acceptors (Lipinski definition) is 3. The highest BCUT2D eigenvalue weighted by Gasteiger charge is 1.99. The van der Waals surface area contributed by atoms with Crippen LogP contribution in [0, 0.1) is 6.92 Å². The highest BCUT2D eigenvalue weighted by molar-refractivity contribution is 5.85. The third kappa shape index (κ3) is 1.21. The van der Waals surface area contributed by atoms with Gasteiger partial charge in [-0.15, -0.1) is 12.4 Å². The van der Waals surface area contributed by atoms with E-state index in [0.29, 0.717) is 5.69 Å². The van der Waals surface area contributed by atoms with Gasteiger partial charge in [-0.2, -0.15) is 5.10 Å². The van der Waals surface area contributed by atoms with Gasteiger partial charge in [0.1, 0.15) is 0 Å². The first-order chi connectivity index (χ1) is 5.27. The zero-order valence-corrected chi connectivity index (χ0v) is 7.38. The number of aryl methyl sites for hydroxylation is 1. The van der Waals surface area contributed by atoms with E-state index in [-0.39, 0.29) is 12.4 Å². The number of rotatable bonds is 0. The third-order valence-corrected chi connectivity index (χ3v) is 1.51. The number of anilines is 1. The molecule has 0 spiro atoms. The molecule has 0 aliphatic carbocycles. The number of aromatic nitrogens is 3. The van der Waals surface area contributed by atoms with Crippen molar-refractivity contribution in [3.63, 3.8) is 0 Å². The highest BCUT2D eigenvalue weighted by atomic mass is 35.5. The van der Waals surface area contributed by atoms with E-state index >= 15 is 0 Å². The molecule has 4 nitrogen and oxygen atoms in total. The number of nitrogens with zero attached hydrogens (tertiary/aromatic N) is 3. The summed E-state index contributed by atoms with van der Waals surface area (Å²) in [6, 6.07) is 1.74. The molecule has 2 aromatic heterocycles. The Balaban J connectivity index is 0.000000720. The van der Waals surface area contributed by atoms with Gasteiger partial charge in [-0.05, 0) is 13.0 Å². The monoisotopic (exact) mass is 184 g/mol. The average Bonchev–Trinajstić information content (AvgIpc) is 2.31. The van der Waals surface area contributed by atoms with Crippen LogP contribution >= 0.6 is 12.4 Å². The summed E-state index contributed by atoms with van der Waals surface area (Å²) in [6.07, 6.45) is 3.50. The first-order valence-corrected chi connectivity index (χ1v) is 3.34. The molecule has 0 saturated carbocycles. The van der Waals surface area contributed by atoms with Crippen LogP contribution < -0.4 is 5.73 Å². The summed E-state index contributed by atoms with van der Waals surface area (Å²) in [6.45, 7) is 1.91. The minimum Gasteiger partial charge on any atom is -0.396 e. The molecule has 2 N–H and O–H groups in total. The second-order valence-electron chi connectivity index (χ2n) is 2.44. The van der Waals surface area contributed by atoms with Crippen LogP contribution in [0.25, 0.3) is 5.65 Å². The average molecular weight is 185 g/mol. The lowest BCUT2D eigenvalue weighted by atomic mass is 10.5. The van der Waals surface area contributed by atoms with Crippen molar-refractivity contribution in [2.45, 2.75) is 6.92 Å². The maximum atomic E-state index is 5.65. The fourth-order valence-corrected chi connectivity index (χ4v) is 1.03. The molecule has 12 heavy (non-hydrogen) atoms. The number of halogens is 1. The van der Waals surface area contributed by atoms with Crippen LogP contribution in [0.5, 0.6) is 0 Å². The highest BCUT2D eigenvalue weighted by Crippen LogP contribution is 2.09. The van der Waals surface area contributed by atoms with E-state index in [0.717, 1.165) is 11.3 Å². The predicted molar refractivity (Wildman–Crippen MR) is 49.4 cm³/mol. The molecule has 0 radical (unpaired) electrons. The summed E-state index contributed by atoms with van der Waals surface area (Å²) in [5.41, 5.74) is 7.96. The summed E-state index contributed by atoms with van der Waals surface area (Å²) in [7, 11) is 0. The Morgan fingerprint density at radius 2 is 2.25 bits per heavy atom. The van der Waals surface area contributed by atoms with Gasteiger partial charge in [0.15, 0.2) is 5.65 Å². The second kappa shape index (κ2) is 2.98. The van der Waals surface area contributed by atoms with Crippen LogP contribution in [-0.2, 0) is 0 Å². The second-order valence-corrected chi connectivity index (χ2v) is 2.44. The van der Waals surface area contributed by atoms with Crippen molar-refractivity contribution in [1.82, 2.24) is 14.6 Å². The number of nitrogen functional groups attached to an aromatic ring is 1. The largest absolute Gasteiger partial charge is 0.396 e. The maximum absolute atomic E-state index is 5.65. The summed E-state index contributed by atoms with van der Waals surface area (Å²) in [5, 5.41) is 4.04. The lowest BCUT2D eigenvalue weighted by molar-refractivity contribution is 0.936. The summed E-state index contributed by atoms with van der Waals surface area (Å²) in [4.78, 5) is 4.19. The van der Waals surface area contributed by atoms with E-state index < -0.39 is 0 Å². The van der Waals surface area contributed by atoms with Crippen LogP contribution in [0.3, 0.4) is 0 Å². The van der Waals surface area contributed by atoms with Gasteiger partial charge in [-0.25, -0.2) is 9.50 Å². The van der Waals surface area contributed by atoms with Crippen LogP contribution in [0.4, 0.5) is 5.69 Å². The Hall–Kier alpha value is -1.29. The van der Waals surface area contributed by atoms with Crippen molar-refractivity contribution in [3.8, 4) is 0 Å². The van der Waals surface area contributed by atoms with Crippen LogP contribution in [0.2, 0.25) is 0 Å². The fourth-order valence-electron chi connectivity index (χ4n) is 1.03. The molecule has 0 fully saturated rings. The minimum absolute atomic E-state index is 0. The fraction of sp³-hybridized carbons (Fsp3) is 0.143. The zero-order valence-electron chi connectivity index (χ0n) is 6.56. The van der Waals surface area contributed by atoms with Gasteiger partial charge in [0.05, 0.1) is 23.8 Å². The molecule has 0 aliphatic heterocycles. The minimum atomic E-state index is 0. The van der Waals surface area contributed by atoms with Gasteiger partial charge in [0.2, 0.25) is 0 Å². The molecular weight excluding hydrogens is 176 g/mol. The summed E-state index contributed by atoms with van der Waals surface area (Å²) in [5.74, 6) is 0. The van der Waals surface area contributed by atoms with E-state index in [1.165, 1.54) is 0 Å². The van der Waals surface area contributed by atoms with Gasteiger partial charge < -0.3 is 5.73 Å². The van der Waals surface area contributed by atoms with Crippen LogP contribution in [0.1, 0.15) is 5.69 Å². The van der Waals surface area contributed by atoms with Gasteiger partial charge in [0, 0.05) is 0 Å². The van der Waals surface area contributed by atoms with Crippen molar-refractivity contribution in [2.75, 3.05) is 5.73 Å². The molecule has 0 saturated heterocycles. The third-order valence-electron chi connectivity index (χ3n) is 1.51. The van der Waals surface area contributed by atoms with Crippen molar-refractivity contribution >= 4 is 23.7 Å². The van der Waals surface area contributed by atoms with E-state index in [2.05, 4.69) is 10.1 Å². The van der Waals surface area contributed by atoms with Crippen molar-refractivity contribution in [2.24, 2.45) is 0 Å². The SMILES string of the molecule is Cc1cn2nccc(N)c2n1.Cl. The number of imidazole rings is 1. The maximum Gasteiger partial charge on any atom is 0.176 e. The molecule has 0 unspecified atom stereocenters. The van der Waals surface area contributed by atoms with Gasteiger partial charge >= 0.3 is 0 Å².